The van der Waals surface area contributed by atoms with Gasteiger partial charge in [-0.2, -0.15) is 11.8 Å². The molecule has 1 aromatic heterocycles. The number of thioether (sulfide) groups is 1. The Bertz CT molecular complexity index is 329. The maximum atomic E-state index is 6.12. The summed E-state index contributed by atoms with van der Waals surface area (Å²) >= 11 is 11.5. The first-order chi connectivity index (χ1) is 6.77. The van der Waals surface area contributed by atoms with Gasteiger partial charge in [-0.1, -0.05) is 11.6 Å². The van der Waals surface area contributed by atoms with Crippen molar-refractivity contribution in [2.24, 2.45) is 0 Å². The third-order valence-corrected chi connectivity index (χ3v) is 3.75. The fourth-order valence-corrected chi connectivity index (χ4v) is 3.07. The Morgan fingerprint density at radius 1 is 1.43 bits per heavy atom. The first-order valence-corrected chi connectivity index (χ1v) is 6.73. The largest absolute Gasteiger partial charge is 0.354 e. The number of nitrogens with zero attached hydrogens (tertiary/aromatic N) is 2. The van der Waals surface area contributed by atoms with Crippen LogP contribution in [0.5, 0.6) is 0 Å². The molecule has 0 radical (unpaired) electrons. The van der Waals surface area contributed by atoms with Gasteiger partial charge in [-0.15, -0.1) is 0 Å². The van der Waals surface area contributed by atoms with Gasteiger partial charge in [-0.05, 0) is 22.0 Å². The molecule has 0 aromatic carbocycles. The summed E-state index contributed by atoms with van der Waals surface area (Å²) in [7, 11) is 0. The normalized spacial score (nSPS) is 17.1. The van der Waals surface area contributed by atoms with Gasteiger partial charge >= 0.3 is 0 Å². The lowest BCUT2D eigenvalue weighted by Crippen LogP contribution is -2.33. The number of hydrogen-bond donors (Lipinski definition) is 0. The second-order valence-electron chi connectivity index (χ2n) is 3.06. The lowest BCUT2D eigenvalue weighted by atomic mass is 10.4. The highest BCUT2D eigenvalue weighted by Crippen LogP contribution is 2.27. The zero-order valence-corrected chi connectivity index (χ0v) is 10.7. The molecular weight excluding hydrogens is 284 g/mol. The molecule has 76 valence electrons. The van der Waals surface area contributed by atoms with E-state index in [0.29, 0.717) is 0 Å². The number of pyridine rings is 1. The summed E-state index contributed by atoms with van der Waals surface area (Å²) in [4.78, 5) is 6.58. The second kappa shape index (κ2) is 4.73. The summed E-state index contributed by atoms with van der Waals surface area (Å²) in [6.45, 7) is 2.08. The monoisotopic (exact) mass is 292 g/mol. The molecule has 14 heavy (non-hydrogen) atoms. The SMILES string of the molecule is Clc1cc(Br)cnc1N1CCSCC1. The summed E-state index contributed by atoms with van der Waals surface area (Å²) in [6, 6.07) is 1.89. The van der Waals surface area contributed by atoms with Gasteiger partial charge in [0.05, 0.1) is 5.02 Å². The van der Waals surface area contributed by atoms with Crippen molar-refractivity contribution >= 4 is 45.1 Å². The molecule has 2 rings (SSSR count). The van der Waals surface area contributed by atoms with Crippen LogP contribution < -0.4 is 4.90 Å². The fourth-order valence-electron chi connectivity index (χ4n) is 1.42. The minimum atomic E-state index is 0.728. The molecule has 0 aliphatic carbocycles. The highest BCUT2D eigenvalue weighted by Gasteiger charge is 2.15. The Balaban J connectivity index is 2.22. The van der Waals surface area contributed by atoms with Crippen LogP contribution in [-0.4, -0.2) is 29.6 Å². The van der Waals surface area contributed by atoms with E-state index in [0.717, 1.165) is 39.9 Å². The van der Waals surface area contributed by atoms with Crippen molar-refractivity contribution in [2.45, 2.75) is 0 Å². The minimum absolute atomic E-state index is 0.728. The molecule has 0 spiro atoms. The van der Waals surface area contributed by atoms with Crippen LogP contribution in [0.3, 0.4) is 0 Å². The summed E-state index contributed by atoms with van der Waals surface area (Å²) in [5.74, 6) is 3.23. The first kappa shape index (κ1) is 10.6. The Morgan fingerprint density at radius 3 is 2.79 bits per heavy atom. The second-order valence-corrected chi connectivity index (χ2v) is 5.61. The van der Waals surface area contributed by atoms with E-state index in [2.05, 4.69) is 25.8 Å². The molecule has 0 N–H and O–H groups in total. The van der Waals surface area contributed by atoms with Crippen LogP contribution in [0.2, 0.25) is 5.02 Å². The van der Waals surface area contributed by atoms with E-state index in [1.54, 1.807) is 6.20 Å². The highest BCUT2D eigenvalue weighted by molar-refractivity contribution is 9.10. The number of aromatic nitrogens is 1. The van der Waals surface area contributed by atoms with Crippen LogP contribution in [0.25, 0.3) is 0 Å². The topological polar surface area (TPSA) is 16.1 Å². The van der Waals surface area contributed by atoms with Gasteiger partial charge in [0.1, 0.15) is 5.82 Å². The molecule has 0 bridgehead atoms. The number of halogens is 2. The van der Waals surface area contributed by atoms with Crippen LogP contribution in [0, 0.1) is 0 Å². The summed E-state index contributed by atoms with van der Waals surface area (Å²) in [5, 5.41) is 0.728. The average Bonchev–Trinajstić information content (AvgIpc) is 2.19. The Labute approximate surface area is 101 Å². The molecule has 1 saturated heterocycles. The molecule has 0 saturated carbocycles. The van der Waals surface area contributed by atoms with Crippen LogP contribution in [0.4, 0.5) is 5.82 Å². The number of hydrogen-bond acceptors (Lipinski definition) is 3. The molecule has 1 aliphatic heterocycles. The predicted molar refractivity (Wildman–Crippen MR) is 66.5 cm³/mol. The summed E-state index contributed by atoms with van der Waals surface area (Å²) < 4.78 is 0.928. The molecule has 1 aliphatic rings. The number of anilines is 1. The van der Waals surface area contributed by atoms with Gasteiger partial charge in [0.2, 0.25) is 0 Å². The third kappa shape index (κ3) is 2.35. The van der Waals surface area contributed by atoms with Gasteiger partial charge in [-0.25, -0.2) is 4.98 Å². The van der Waals surface area contributed by atoms with Gasteiger partial charge in [0, 0.05) is 35.3 Å². The minimum Gasteiger partial charge on any atom is -0.354 e. The van der Waals surface area contributed by atoms with E-state index in [9.17, 15) is 0 Å². The van der Waals surface area contributed by atoms with Crippen LogP contribution in [0.1, 0.15) is 0 Å². The maximum absolute atomic E-state index is 6.12. The lowest BCUT2D eigenvalue weighted by molar-refractivity contribution is 0.839. The first-order valence-electron chi connectivity index (χ1n) is 4.41. The average molecular weight is 294 g/mol. The van der Waals surface area contributed by atoms with E-state index in [1.165, 1.54) is 0 Å². The molecule has 1 aromatic rings. The van der Waals surface area contributed by atoms with E-state index in [4.69, 9.17) is 11.6 Å². The van der Waals surface area contributed by atoms with Crippen molar-refractivity contribution in [1.82, 2.24) is 4.98 Å². The molecule has 2 nitrogen and oxygen atoms in total. The highest BCUT2D eigenvalue weighted by atomic mass is 79.9. The van der Waals surface area contributed by atoms with Gasteiger partial charge in [-0.3, -0.25) is 0 Å². The van der Waals surface area contributed by atoms with Crippen LogP contribution in [0.15, 0.2) is 16.7 Å². The zero-order chi connectivity index (χ0) is 9.97. The van der Waals surface area contributed by atoms with Crippen molar-refractivity contribution in [3.8, 4) is 0 Å². The molecule has 0 atom stereocenters. The zero-order valence-electron chi connectivity index (χ0n) is 7.54. The van der Waals surface area contributed by atoms with E-state index in [1.807, 2.05) is 17.8 Å². The quantitative estimate of drug-likeness (QED) is 0.792. The van der Waals surface area contributed by atoms with E-state index >= 15 is 0 Å². The van der Waals surface area contributed by atoms with Crippen molar-refractivity contribution < 1.29 is 0 Å². The maximum Gasteiger partial charge on any atom is 0.147 e. The molecule has 0 amide bonds. The fraction of sp³-hybridized carbons (Fsp3) is 0.444. The van der Waals surface area contributed by atoms with Crippen molar-refractivity contribution in [1.29, 1.82) is 0 Å². The molecule has 5 heteroatoms. The Morgan fingerprint density at radius 2 is 2.14 bits per heavy atom. The van der Waals surface area contributed by atoms with E-state index in [-0.39, 0.29) is 0 Å². The van der Waals surface area contributed by atoms with Gasteiger partial charge in [0.15, 0.2) is 0 Å². The standard InChI is InChI=1S/C9H10BrClN2S/c10-7-5-8(11)9(12-6-7)13-1-3-14-4-2-13/h5-6H,1-4H2. The van der Waals surface area contributed by atoms with E-state index < -0.39 is 0 Å². The third-order valence-electron chi connectivity index (χ3n) is 2.10. The van der Waals surface area contributed by atoms with Gasteiger partial charge < -0.3 is 4.90 Å². The van der Waals surface area contributed by atoms with Crippen LogP contribution in [-0.2, 0) is 0 Å². The lowest BCUT2D eigenvalue weighted by Gasteiger charge is -2.28. The molecule has 1 fully saturated rings. The number of rotatable bonds is 1. The Hall–Kier alpha value is 0.0700. The molecule has 0 unspecified atom stereocenters. The molecule has 2 heterocycles. The van der Waals surface area contributed by atoms with Gasteiger partial charge in [0.25, 0.3) is 0 Å². The van der Waals surface area contributed by atoms with Crippen molar-refractivity contribution in [3.63, 3.8) is 0 Å². The smallest absolute Gasteiger partial charge is 0.147 e. The summed E-state index contributed by atoms with van der Waals surface area (Å²) in [6.07, 6.45) is 1.79. The molecular formula is C9H10BrClN2S. The summed E-state index contributed by atoms with van der Waals surface area (Å²) in [5.41, 5.74) is 0. The predicted octanol–water partition coefficient (Wildman–Crippen LogP) is 3.05. The Kier molecular flexibility index (Phi) is 3.57. The van der Waals surface area contributed by atoms with Crippen molar-refractivity contribution in [3.05, 3.63) is 21.8 Å². The van der Waals surface area contributed by atoms with Crippen LogP contribution >= 0.6 is 39.3 Å². The van der Waals surface area contributed by atoms with Crippen molar-refractivity contribution in [2.75, 3.05) is 29.5 Å².